The number of hydrogen-bond donors (Lipinski definition) is 2. The van der Waals surface area contributed by atoms with E-state index in [2.05, 4.69) is 36.4 Å². The van der Waals surface area contributed by atoms with Crippen LogP contribution >= 0.6 is 24.0 Å². The number of benzene rings is 1. The lowest BCUT2D eigenvalue weighted by Gasteiger charge is -2.59. The molecule has 0 aliphatic heterocycles. The van der Waals surface area contributed by atoms with Gasteiger partial charge in [0.05, 0.1) is 26.9 Å². The Morgan fingerprint density at radius 1 is 1.07 bits per heavy atom. The lowest BCUT2D eigenvalue weighted by Crippen LogP contribution is -2.69. The molecular weight excluding hydrogens is 473 g/mol. The van der Waals surface area contributed by atoms with E-state index in [1.54, 1.807) is 35.5 Å². The van der Waals surface area contributed by atoms with Crippen molar-refractivity contribution < 1.29 is 18.9 Å². The number of nitrogens with zero attached hydrogens (tertiary/aromatic N) is 1. The van der Waals surface area contributed by atoms with E-state index in [4.69, 9.17) is 18.9 Å². The molecule has 1 aromatic carbocycles. The largest absolute Gasteiger partial charge is 0.493 e. The molecule has 2 N–H and O–H groups in total. The smallest absolute Gasteiger partial charge is 0.203 e. The number of ether oxygens (including phenoxy) is 4. The van der Waals surface area contributed by atoms with Gasteiger partial charge in [0.2, 0.25) is 5.75 Å². The van der Waals surface area contributed by atoms with Crippen molar-refractivity contribution in [2.75, 3.05) is 35.5 Å². The van der Waals surface area contributed by atoms with E-state index in [-0.39, 0.29) is 41.0 Å². The molecule has 0 amide bonds. The predicted molar refractivity (Wildman–Crippen MR) is 122 cm³/mol. The fraction of sp³-hybridized carbons (Fsp3) is 0.650. The van der Waals surface area contributed by atoms with Gasteiger partial charge in [-0.05, 0) is 31.0 Å². The van der Waals surface area contributed by atoms with Crippen molar-refractivity contribution in [3.8, 4) is 17.2 Å². The number of guanidine groups is 1. The van der Waals surface area contributed by atoms with E-state index >= 15 is 0 Å². The van der Waals surface area contributed by atoms with Crippen LogP contribution in [0.25, 0.3) is 0 Å². The molecule has 1 aliphatic rings. The molecule has 0 saturated heterocycles. The number of hydrogen-bond acceptors (Lipinski definition) is 5. The molecule has 0 aromatic heterocycles. The Bertz CT molecular complexity index is 671. The van der Waals surface area contributed by atoms with Crippen LogP contribution in [0.2, 0.25) is 0 Å². The van der Waals surface area contributed by atoms with E-state index in [0.29, 0.717) is 23.8 Å². The molecule has 1 saturated carbocycles. The average Bonchev–Trinajstić information content (AvgIpc) is 2.68. The Balaban J connectivity index is 0.00000392. The van der Waals surface area contributed by atoms with Gasteiger partial charge < -0.3 is 29.6 Å². The van der Waals surface area contributed by atoms with Gasteiger partial charge in [0.25, 0.3) is 0 Å². The van der Waals surface area contributed by atoms with Crippen LogP contribution in [0.5, 0.6) is 17.2 Å². The molecule has 28 heavy (non-hydrogen) atoms. The van der Waals surface area contributed by atoms with Crippen molar-refractivity contribution in [1.82, 2.24) is 10.6 Å². The maximum Gasteiger partial charge on any atom is 0.203 e. The Hall–Kier alpha value is -1.42. The summed E-state index contributed by atoms with van der Waals surface area (Å²) in [5.41, 5.74) is 0.883. The fourth-order valence-corrected chi connectivity index (χ4v) is 3.51. The minimum Gasteiger partial charge on any atom is -0.493 e. The highest BCUT2D eigenvalue weighted by atomic mass is 127. The van der Waals surface area contributed by atoms with Crippen molar-refractivity contribution in [2.45, 2.75) is 45.4 Å². The van der Waals surface area contributed by atoms with Gasteiger partial charge in [-0.3, -0.25) is 4.99 Å². The first-order valence-electron chi connectivity index (χ1n) is 9.07. The van der Waals surface area contributed by atoms with Gasteiger partial charge in [-0.25, -0.2) is 0 Å². The summed E-state index contributed by atoms with van der Waals surface area (Å²) < 4.78 is 21.9. The molecule has 0 radical (unpaired) electrons. The lowest BCUT2D eigenvalue weighted by molar-refractivity contribution is -0.176. The van der Waals surface area contributed by atoms with E-state index in [0.717, 1.165) is 17.9 Å². The van der Waals surface area contributed by atoms with Gasteiger partial charge in [0, 0.05) is 32.2 Å². The molecule has 2 atom stereocenters. The standard InChI is InChI=1S/C20H33N3O4.HI/c1-19(2)16(11-20(19,3)27-8)23-18(21-4)22-12-13-9-14(24-5)17(26-7)15(10-13)25-6;/h9-10,16H,11-12H2,1-8H3,(H2,21,22,23);1H. The van der Waals surface area contributed by atoms with E-state index in [9.17, 15) is 0 Å². The van der Waals surface area contributed by atoms with Crippen molar-refractivity contribution in [2.24, 2.45) is 10.4 Å². The van der Waals surface area contributed by atoms with Crippen LogP contribution in [0.4, 0.5) is 0 Å². The van der Waals surface area contributed by atoms with Crippen LogP contribution < -0.4 is 24.8 Å². The van der Waals surface area contributed by atoms with Gasteiger partial charge in [0.15, 0.2) is 17.5 Å². The fourth-order valence-electron chi connectivity index (χ4n) is 3.51. The van der Waals surface area contributed by atoms with Gasteiger partial charge in [-0.2, -0.15) is 0 Å². The Morgan fingerprint density at radius 3 is 2.04 bits per heavy atom. The second kappa shape index (κ2) is 9.87. The highest BCUT2D eigenvalue weighted by Gasteiger charge is 2.58. The van der Waals surface area contributed by atoms with Gasteiger partial charge >= 0.3 is 0 Å². The third kappa shape index (κ3) is 4.59. The Labute approximate surface area is 185 Å². The van der Waals surface area contributed by atoms with E-state index in [1.807, 2.05) is 12.1 Å². The molecule has 0 bridgehead atoms. The zero-order valence-electron chi connectivity index (χ0n) is 18.1. The van der Waals surface area contributed by atoms with Crippen LogP contribution in [0, 0.1) is 5.41 Å². The topological polar surface area (TPSA) is 73.3 Å². The monoisotopic (exact) mass is 507 g/mol. The molecule has 2 unspecified atom stereocenters. The number of methoxy groups -OCH3 is 4. The predicted octanol–water partition coefficient (Wildman–Crippen LogP) is 3.20. The second-order valence-electron chi connectivity index (χ2n) is 7.52. The summed E-state index contributed by atoms with van der Waals surface area (Å²) in [6.07, 6.45) is 0.932. The summed E-state index contributed by atoms with van der Waals surface area (Å²) in [7, 11) is 8.36. The summed E-state index contributed by atoms with van der Waals surface area (Å²) in [6.45, 7) is 7.15. The maximum atomic E-state index is 5.70. The molecular formula is C20H34IN3O4. The quantitative estimate of drug-likeness (QED) is 0.336. The van der Waals surface area contributed by atoms with Crippen LogP contribution in [0.3, 0.4) is 0 Å². The highest BCUT2D eigenvalue weighted by molar-refractivity contribution is 14.0. The minimum atomic E-state index is -0.125. The zero-order valence-corrected chi connectivity index (χ0v) is 20.5. The first-order valence-corrected chi connectivity index (χ1v) is 9.07. The van der Waals surface area contributed by atoms with Gasteiger partial charge in [-0.1, -0.05) is 13.8 Å². The molecule has 0 spiro atoms. The van der Waals surface area contributed by atoms with Gasteiger partial charge in [0.1, 0.15) is 0 Å². The number of rotatable bonds is 7. The van der Waals surface area contributed by atoms with Crippen LogP contribution in [0.15, 0.2) is 17.1 Å². The van der Waals surface area contributed by atoms with Gasteiger partial charge in [-0.15, -0.1) is 24.0 Å². The van der Waals surface area contributed by atoms with Crippen molar-refractivity contribution >= 4 is 29.9 Å². The maximum absolute atomic E-state index is 5.70. The van der Waals surface area contributed by atoms with Crippen LogP contribution in [-0.2, 0) is 11.3 Å². The Morgan fingerprint density at radius 2 is 1.64 bits per heavy atom. The summed E-state index contributed by atoms with van der Waals surface area (Å²) in [4.78, 5) is 4.35. The number of halogens is 1. The van der Waals surface area contributed by atoms with E-state index in [1.165, 1.54) is 0 Å². The molecule has 1 aliphatic carbocycles. The molecule has 0 heterocycles. The molecule has 8 heteroatoms. The molecule has 1 aromatic rings. The van der Waals surface area contributed by atoms with Crippen molar-refractivity contribution in [3.63, 3.8) is 0 Å². The van der Waals surface area contributed by atoms with E-state index < -0.39 is 0 Å². The molecule has 7 nitrogen and oxygen atoms in total. The first-order chi connectivity index (χ1) is 12.8. The highest BCUT2D eigenvalue weighted by Crippen LogP contribution is 2.51. The average molecular weight is 507 g/mol. The SMILES string of the molecule is CN=C(NCc1cc(OC)c(OC)c(OC)c1)NC1CC(C)(OC)C1(C)C.I. The summed E-state index contributed by atoms with van der Waals surface area (Å²) in [5, 5.41) is 6.86. The summed E-state index contributed by atoms with van der Waals surface area (Å²) in [6, 6.07) is 4.14. The lowest BCUT2D eigenvalue weighted by atomic mass is 9.56. The van der Waals surface area contributed by atoms with Crippen molar-refractivity contribution in [1.29, 1.82) is 0 Å². The third-order valence-corrected chi connectivity index (χ3v) is 6.00. The zero-order chi connectivity index (χ0) is 20.2. The number of aliphatic imine (C=N–C) groups is 1. The second-order valence-corrected chi connectivity index (χ2v) is 7.52. The first kappa shape index (κ1) is 24.6. The summed E-state index contributed by atoms with van der Waals surface area (Å²) >= 11 is 0. The Kier molecular flexibility index (Phi) is 8.67. The van der Waals surface area contributed by atoms with Crippen LogP contribution in [-0.4, -0.2) is 53.1 Å². The molecule has 2 rings (SSSR count). The third-order valence-electron chi connectivity index (χ3n) is 6.00. The molecule has 160 valence electrons. The molecule has 1 fully saturated rings. The normalized spacial score (nSPS) is 23.1. The minimum absolute atomic E-state index is 0. The number of nitrogens with one attached hydrogen (secondary N) is 2. The van der Waals surface area contributed by atoms with Crippen LogP contribution in [0.1, 0.15) is 32.8 Å². The van der Waals surface area contributed by atoms with Crippen molar-refractivity contribution in [3.05, 3.63) is 17.7 Å². The summed E-state index contributed by atoms with van der Waals surface area (Å²) in [5.74, 6) is 2.60.